The number of hydrogen-bond donors (Lipinski definition) is 1. The molecular formula is C36H35IN2O9S. The Morgan fingerprint density at radius 3 is 2.47 bits per heavy atom. The van der Waals surface area contributed by atoms with E-state index in [2.05, 4.69) is 22.6 Å². The standard InChI is InChI=1S/C36H35IN2O9S/c1-6-9-26-30(35(43)47-7-2)31(24-18-23(44-3)12-13-27(24)45-4)39-33(40)29(49-36(39)38-26)17-21-15-25(37)32(28(16-21)46-5)48-19-20-10-8-11-22(14-20)34(41)42/h8,10-18,31H,6-7,9,19H2,1-5H3,(H,41,42)/b29-17+/t31-/m1/s1. The van der Waals surface area contributed by atoms with Crippen LogP contribution in [0.25, 0.3) is 6.08 Å². The Hall–Kier alpha value is -4.63. The van der Waals surface area contributed by atoms with Gasteiger partial charge in [-0.05, 0) is 95.6 Å². The highest BCUT2D eigenvalue weighted by atomic mass is 127. The van der Waals surface area contributed by atoms with Gasteiger partial charge in [-0.2, -0.15) is 0 Å². The van der Waals surface area contributed by atoms with Crippen molar-refractivity contribution in [3.63, 3.8) is 0 Å². The number of halogens is 1. The minimum atomic E-state index is -1.02. The third-order valence-corrected chi connectivity index (χ3v) is 9.51. The van der Waals surface area contributed by atoms with E-state index in [4.69, 9.17) is 28.7 Å². The van der Waals surface area contributed by atoms with Gasteiger partial charge in [0.1, 0.15) is 24.1 Å². The van der Waals surface area contributed by atoms with Crippen LogP contribution in [0.1, 0.15) is 59.8 Å². The zero-order valence-corrected chi connectivity index (χ0v) is 30.5. The number of aromatic nitrogens is 1. The van der Waals surface area contributed by atoms with Crippen molar-refractivity contribution in [3.8, 4) is 23.0 Å². The number of carbonyl (C=O) groups is 2. The van der Waals surface area contributed by atoms with Gasteiger partial charge in [0, 0.05) is 5.56 Å². The second-order valence-corrected chi connectivity index (χ2v) is 13.0. The van der Waals surface area contributed by atoms with Crippen LogP contribution in [0.2, 0.25) is 0 Å². The molecule has 11 nitrogen and oxygen atoms in total. The summed E-state index contributed by atoms with van der Waals surface area (Å²) in [6.07, 6.45) is 2.97. The average molecular weight is 799 g/mol. The zero-order chi connectivity index (χ0) is 35.2. The molecule has 4 aromatic rings. The first-order valence-electron chi connectivity index (χ1n) is 15.4. The monoisotopic (exact) mass is 798 g/mol. The molecule has 0 spiro atoms. The van der Waals surface area contributed by atoms with Crippen molar-refractivity contribution in [3.05, 3.63) is 111 Å². The molecule has 0 saturated carbocycles. The predicted molar refractivity (Wildman–Crippen MR) is 193 cm³/mol. The molecule has 0 radical (unpaired) electrons. The number of carboxylic acids is 1. The topological polar surface area (TPSA) is 135 Å². The fourth-order valence-electron chi connectivity index (χ4n) is 5.53. The highest BCUT2D eigenvalue weighted by molar-refractivity contribution is 14.1. The van der Waals surface area contributed by atoms with Crippen LogP contribution in [0, 0.1) is 3.57 Å². The molecule has 5 rings (SSSR count). The van der Waals surface area contributed by atoms with Crippen LogP contribution in [0.3, 0.4) is 0 Å². The van der Waals surface area contributed by atoms with E-state index in [1.807, 2.05) is 13.0 Å². The number of benzene rings is 3. The number of esters is 1. The van der Waals surface area contributed by atoms with Gasteiger partial charge in [0.15, 0.2) is 16.3 Å². The number of carboxylic acid groups (broad SMARTS) is 1. The maximum Gasteiger partial charge on any atom is 0.338 e. The summed E-state index contributed by atoms with van der Waals surface area (Å²) in [6.45, 7) is 4.01. The number of fused-ring (bicyclic) bond motifs is 1. The van der Waals surface area contributed by atoms with E-state index in [9.17, 15) is 19.5 Å². The molecule has 0 amide bonds. The Labute approximate surface area is 300 Å². The number of ether oxygens (including phenoxy) is 5. The second kappa shape index (κ2) is 15.7. The fraction of sp³-hybridized carbons (Fsp3) is 0.278. The van der Waals surface area contributed by atoms with Crippen molar-refractivity contribution in [1.82, 2.24) is 4.57 Å². The molecule has 2 heterocycles. The Morgan fingerprint density at radius 1 is 1.02 bits per heavy atom. The van der Waals surface area contributed by atoms with Gasteiger partial charge in [-0.1, -0.05) is 36.8 Å². The van der Waals surface area contributed by atoms with Crippen molar-refractivity contribution < 1.29 is 38.4 Å². The van der Waals surface area contributed by atoms with Gasteiger partial charge >= 0.3 is 11.9 Å². The van der Waals surface area contributed by atoms with Crippen LogP contribution >= 0.6 is 33.9 Å². The minimum absolute atomic E-state index is 0.127. The van der Waals surface area contributed by atoms with Gasteiger partial charge < -0.3 is 28.8 Å². The van der Waals surface area contributed by atoms with Crippen molar-refractivity contribution in [2.24, 2.45) is 4.99 Å². The first-order chi connectivity index (χ1) is 23.6. The maximum absolute atomic E-state index is 14.3. The molecule has 1 atom stereocenters. The lowest BCUT2D eigenvalue weighted by Gasteiger charge is -2.27. The molecule has 3 aromatic carbocycles. The van der Waals surface area contributed by atoms with Gasteiger partial charge in [0.25, 0.3) is 5.56 Å². The molecule has 1 aromatic heterocycles. The lowest BCUT2D eigenvalue weighted by molar-refractivity contribution is -0.139. The lowest BCUT2D eigenvalue weighted by Crippen LogP contribution is -2.40. The highest BCUT2D eigenvalue weighted by Gasteiger charge is 2.36. The van der Waals surface area contributed by atoms with E-state index < -0.39 is 18.0 Å². The predicted octanol–water partition coefficient (Wildman–Crippen LogP) is 5.49. The van der Waals surface area contributed by atoms with Crippen LogP contribution in [0.15, 0.2) is 75.7 Å². The summed E-state index contributed by atoms with van der Waals surface area (Å²) in [7, 11) is 4.60. The Kier molecular flexibility index (Phi) is 11.4. The summed E-state index contributed by atoms with van der Waals surface area (Å²) in [5, 5.41) is 9.33. The summed E-state index contributed by atoms with van der Waals surface area (Å²) in [5.41, 5.74) is 2.59. The molecule has 1 aliphatic rings. The van der Waals surface area contributed by atoms with E-state index in [0.29, 0.717) is 61.1 Å². The number of rotatable bonds is 13. The quantitative estimate of drug-likeness (QED) is 0.138. The first kappa shape index (κ1) is 35.7. The fourth-order valence-corrected chi connectivity index (χ4v) is 7.33. The molecule has 256 valence electrons. The van der Waals surface area contributed by atoms with Gasteiger partial charge in [0.05, 0.1) is 52.9 Å². The first-order valence-corrected chi connectivity index (χ1v) is 17.3. The van der Waals surface area contributed by atoms with Crippen LogP contribution in [-0.2, 0) is 16.1 Å². The van der Waals surface area contributed by atoms with Crippen molar-refractivity contribution >= 4 is 51.9 Å². The molecule has 0 bridgehead atoms. The summed E-state index contributed by atoms with van der Waals surface area (Å²) >= 11 is 3.35. The van der Waals surface area contributed by atoms with Crippen LogP contribution < -0.4 is 33.8 Å². The molecule has 0 fully saturated rings. The highest BCUT2D eigenvalue weighted by Crippen LogP contribution is 2.39. The van der Waals surface area contributed by atoms with Crippen molar-refractivity contribution in [1.29, 1.82) is 0 Å². The van der Waals surface area contributed by atoms with Gasteiger partial charge in [-0.15, -0.1) is 0 Å². The SMILES string of the molecule is CCCC1=C(C(=O)OCC)[C@@H](c2cc(OC)ccc2OC)n2c(s/c(=C/c3cc(I)c(OCc4cccc(C(=O)O)c4)c(OC)c3)c2=O)=N1. The van der Waals surface area contributed by atoms with E-state index >= 15 is 0 Å². The van der Waals surface area contributed by atoms with E-state index in [1.54, 1.807) is 62.6 Å². The lowest BCUT2D eigenvalue weighted by atomic mass is 9.93. The Bertz CT molecular complexity index is 2120. The molecular weight excluding hydrogens is 763 g/mol. The molecule has 13 heteroatoms. The number of hydrogen-bond acceptors (Lipinski definition) is 10. The summed E-state index contributed by atoms with van der Waals surface area (Å²) in [6, 6.07) is 14.5. The average Bonchev–Trinajstić information content (AvgIpc) is 3.40. The second-order valence-electron chi connectivity index (χ2n) is 10.8. The van der Waals surface area contributed by atoms with Crippen LogP contribution in [-0.4, -0.2) is 49.5 Å². The summed E-state index contributed by atoms with van der Waals surface area (Å²) < 4.78 is 31.1. The zero-order valence-electron chi connectivity index (χ0n) is 27.6. The van der Waals surface area contributed by atoms with Gasteiger partial charge in [-0.3, -0.25) is 9.36 Å². The number of nitrogens with zero attached hydrogens (tertiary/aromatic N) is 2. The number of carbonyl (C=O) groups excluding carboxylic acids is 1. The van der Waals surface area contributed by atoms with Gasteiger partial charge in [0.2, 0.25) is 0 Å². The minimum Gasteiger partial charge on any atom is -0.497 e. The van der Waals surface area contributed by atoms with E-state index in [1.165, 1.54) is 36.2 Å². The molecule has 1 N–H and O–H groups in total. The summed E-state index contributed by atoms with van der Waals surface area (Å²) in [5.74, 6) is 0.364. The number of aromatic carboxylic acids is 1. The van der Waals surface area contributed by atoms with E-state index in [0.717, 1.165) is 9.99 Å². The molecule has 0 saturated heterocycles. The maximum atomic E-state index is 14.3. The smallest absolute Gasteiger partial charge is 0.338 e. The normalized spacial score (nSPS) is 14.2. The summed E-state index contributed by atoms with van der Waals surface area (Å²) in [4.78, 5) is 44.6. The Balaban J connectivity index is 1.63. The number of thiazole rings is 1. The number of methoxy groups -OCH3 is 3. The van der Waals surface area contributed by atoms with Crippen LogP contribution in [0.4, 0.5) is 0 Å². The molecule has 0 aliphatic carbocycles. The number of allylic oxidation sites excluding steroid dienone is 1. The molecule has 1 aliphatic heterocycles. The molecule has 0 unspecified atom stereocenters. The Morgan fingerprint density at radius 2 is 1.80 bits per heavy atom. The third-order valence-electron chi connectivity index (χ3n) is 7.73. The van der Waals surface area contributed by atoms with Crippen molar-refractivity contribution in [2.75, 3.05) is 27.9 Å². The third kappa shape index (κ3) is 7.52. The van der Waals surface area contributed by atoms with Crippen LogP contribution in [0.5, 0.6) is 23.0 Å². The van der Waals surface area contributed by atoms with E-state index in [-0.39, 0.29) is 29.9 Å². The molecule has 49 heavy (non-hydrogen) atoms. The van der Waals surface area contributed by atoms with Gasteiger partial charge in [-0.25, -0.2) is 14.6 Å². The largest absolute Gasteiger partial charge is 0.497 e. The van der Waals surface area contributed by atoms with Crippen molar-refractivity contribution in [2.45, 2.75) is 39.3 Å².